The number of hydrogen-bond acceptors (Lipinski definition) is 3. The zero-order chi connectivity index (χ0) is 20.5. The summed E-state index contributed by atoms with van der Waals surface area (Å²) in [6.45, 7) is 7.11. The van der Waals surface area contributed by atoms with Gasteiger partial charge in [0.05, 0.1) is 5.25 Å². The Hall–Kier alpha value is -2.18. The van der Waals surface area contributed by atoms with Gasteiger partial charge >= 0.3 is 0 Å². The van der Waals surface area contributed by atoms with Crippen molar-refractivity contribution in [1.29, 1.82) is 0 Å². The monoisotopic (exact) mass is 400 g/mol. The summed E-state index contributed by atoms with van der Waals surface area (Å²) in [5.74, 6) is -0.0819. The van der Waals surface area contributed by atoms with E-state index in [1.165, 1.54) is 11.1 Å². The summed E-state index contributed by atoms with van der Waals surface area (Å²) in [5.41, 5.74) is 5.22. The number of nitrogens with one attached hydrogen (secondary N) is 2. The van der Waals surface area contributed by atoms with E-state index in [0.29, 0.717) is 12.8 Å². The quantitative estimate of drug-likeness (QED) is 0.776. The molecular formula is C22H28N2O3S. The summed E-state index contributed by atoms with van der Waals surface area (Å²) >= 11 is 0. The topological polar surface area (TPSA) is 75.3 Å². The van der Waals surface area contributed by atoms with Gasteiger partial charge in [-0.25, -0.2) is 13.1 Å². The maximum absolute atomic E-state index is 12.2. The lowest BCUT2D eigenvalue weighted by atomic mass is 10.00. The second kappa shape index (κ2) is 8.05. The van der Waals surface area contributed by atoms with Crippen LogP contribution < -0.4 is 10.0 Å². The highest BCUT2D eigenvalue weighted by Gasteiger charge is 2.27. The highest BCUT2D eigenvalue weighted by Crippen LogP contribution is 2.30. The highest BCUT2D eigenvalue weighted by atomic mass is 32.2. The van der Waals surface area contributed by atoms with Crippen LogP contribution in [0.5, 0.6) is 0 Å². The normalized spacial score (nSPS) is 16.4. The Bertz CT molecular complexity index is 981. The fraction of sp³-hybridized carbons (Fsp3) is 0.409. The second-order valence-corrected chi connectivity index (χ2v) is 10.3. The third kappa shape index (κ3) is 4.62. The largest absolute Gasteiger partial charge is 0.326 e. The zero-order valence-electron chi connectivity index (χ0n) is 16.8. The molecule has 0 saturated heterocycles. The first-order valence-electron chi connectivity index (χ1n) is 9.70. The summed E-state index contributed by atoms with van der Waals surface area (Å²) in [4.78, 5) is 11.9. The number of sulfonamides is 1. The number of hydrogen-bond donors (Lipinski definition) is 2. The number of fused-ring (bicyclic) bond motifs is 1. The molecule has 0 bridgehead atoms. The molecule has 150 valence electrons. The van der Waals surface area contributed by atoms with Crippen molar-refractivity contribution in [3.8, 4) is 11.1 Å². The fourth-order valence-corrected chi connectivity index (χ4v) is 4.22. The van der Waals surface area contributed by atoms with Gasteiger partial charge in [0, 0.05) is 17.6 Å². The Labute approximate surface area is 167 Å². The van der Waals surface area contributed by atoms with Gasteiger partial charge in [-0.15, -0.1) is 0 Å². The van der Waals surface area contributed by atoms with Crippen molar-refractivity contribution in [2.24, 2.45) is 5.92 Å². The number of anilines is 1. The van der Waals surface area contributed by atoms with Gasteiger partial charge in [0.1, 0.15) is 0 Å². The number of carbonyl (C=O) groups is 1. The molecule has 1 aliphatic carbocycles. The van der Waals surface area contributed by atoms with Crippen molar-refractivity contribution in [3.63, 3.8) is 0 Å². The van der Waals surface area contributed by atoms with Crippen LogP contribution in [0, 0.1) is 5.92 Å². The van der Waals surface area contributed by atoms with Crippen LogP contribution in [0.15, 0.2) is 42.5 Å². The summed E-state index contributed by atoms with van der Waals surface area (Å²) in [6.07, 6.45) is 1.41. The fourth-order valence-electron chi connectivity index (χ4n) is 3.31. The van der Waals surface area contributed by atoms with Crippen LogP contribution in [-0.2, 0) is 27.7 Å². The zero-order valence-corrected chi connectivity index (χ0v) is 17.6. The van der Waals surface area contributed by atoms with Gasteiger partial charge in [0.2, 0.25) is 15.9 Å². The average Bonchev–Trinajstić information content (AvgIpc) is 3.02. The standard InChI is InChI=1S/C22H28N2O3S/c1-14(2)22(25)23-20-7-5-6-16(11-20)17-8-9-18-12-21(13-19(18)10-17)24-28(26,27)15(3)4/h5-11,14-15,21,24H,12-13H2,1-4H3,(H,23,25). The van der Waals surface area contributed by atoms with E-state index in [4.69, 9.17) is 0 Å². The lowest BCUT2D eigenvalue weighted by Gasteiger charge is -2.14. The minimum atomic E-state index is -3.28. The molecule has 2 aromatic carbocycles. The van der Waals surface area contributed by atoms with Gasteiger partial charge in [-0.3, -0.25) is 4.79 Å². The molecule has 0 heterocycles. The minimum Gasteiger partial charge on any atom is -0.326 e. The van der Waals surface area contributed by atoms with Gasteiger partial charge in [-0.05, 0) is 61.1 Å². The van der Waals surface area contributed by atoms with Gasteiger partial charge in [-0.1, -0.05) is 44.2 Å². The van der Waals surface area contributed by atoms with Crippen LogP contribution in [0.25, 0.3) is 11.1 Å². The maximum atomic E-state index is 12.2. The van der Waals surface area contributed by atoms with Crippen molar-refractivity contribution in [2.45, 2.75) is 51.8 Å². The average molecular weight is 401 g/mol. The maximum Gasteiger partial charge on any atom is 0.226 e. The molecule has 1 amide bonds. The van der Waals surface area contributed by atoms with E-state index in [1.54, 1.807) is 13.8 Å². The Morgan fingerprint density at radius 1 is 0.964 bits per heavy atom. The van der Waals surface area contributed by atoms with Crippen LogP contribution >= 0.6 is 0 Å². The molecule has 0 fully saturated rings. The lowest BCUT2D eigenvalue weighted by Crippen LogP contribution is -2.39. The molecule has 3 rings (SSSR count). The molecule has 28 heavy (non-hydrogen) atoms. The molecule has 1 aliphatic rings. The number of rotatable bonds is 6. The van der Waals surface area contributed by atoms with Crippen molar-refractivity contribution < 1.29 is 13.2 Å². The van der Waals surface area contributed by atoms with E-state index in [9.17, 15) is 13.2 Å². The summed E-state index contributed by atoms with van der Waals surface area (Å²) < 4.78 is 27.1. The van der Waals surface area contributed by atoms with Crippen molar-refractivity contribution in [3.05, 3.63) is 53.6 Å². The summed E-state index contributed by atoms with van der Waals surface area (Å²) in [5, 5.41) is 2.50. The van der Waals surface area contributed by atoms with E-state index in [-0.39, 0.29) is 17.9 Å². The predicted octanol–water partition coefficient (Wildman–Crippen LogP) is 3.74. The van der Waals surface area contributed by atoms with Crippen LogP contribution in [0.3, 0.4) is 0 Å². The van der Waals surface area contributed by atoms with E-state index >= 15 is 0 Å². The van der Waals surface area contributed by atoms with Gasteiger partial charge in [-0.2, -0.15) is 0 Å². The Balaban J connectivity index is 1.78. The first kappa shape index (κ1) is 20.6. The molecule has 0 saturated carbocycles. The van der Waals surface area contributed by atoms with Crippen LogP contribution in [-0.4, -0.2) is 25.6 Å². The van der Waals surface area contributed by atoms with Crippen LogP contribution in [0.2, 0.25) is 0 Å². The molecule has 1 unspecified atom stereocenters. The molecular weight excluding hydrogens is 372 g/mol. The molecule has 2 aromatic rings. The molecule has 0 aromatic heterocycles. The Morgan fingerprint density at radius 3 is 2.32 bits per heavy atom. The molecule has 0 radical (unpaired) electrons. The molecule has 0 aliphatic heterocycles. The van der Waals surface area contributed by atoms with E-state index in [1.807, 2.05) is 38.1 Å². The van der Waals surface area contributed by atoms with Gasteiger partial charge in [0.15, 0.2) is 0 Å². The minimum absolute atomic E-state index is 0.00798. The second-order valence-electron chi connectivity index (χ2n) is 8.03. The first-order chi connectivity index (χ1) is 13.2. The third-order valence-corrected chi connectivity index (χ3v) is 6.98. The van der Waals surface area contributed by atoms with Crippen LogP contribution in [0.1, 0.15) is 38.8 Å². The van der Waals surface area contributed by atoms with Crippen LogP contribution in [0.4, 0.5) is 5.69 Å². The lowest BCUT2D eigenvalue weighted by molar-refractivity contribution is -0.118. The molecule has 2 N–H and O–H groups in total. The Kier molecular flexibility index (Phi) is 5.91. The molecule has 5 nitrogen and oxygen atoms in total. The number of benzene rings is 2. The van der Waals surface area contributed by atoms with E-state index < -0.39 is 15.3 Å². The van der Waals surface area contributed by atoms with E-state index in [2.05, 4.69) is 28.2 Å². The predicted molar refractivity (Wildman–Crippen MR) is 114 cm³/mol. The molecule has 6 heteroatoms. The van der Waals surface area contributed by atoms with Crippen molar-refractivity contribution in [2.75, 3.05) is 5.32 Å². The third-order valence-electron chi connectivity index (χ3n) is 5.08. The summed E-state index contributed by atoms with van der Waals surface area (Å²) in [7, 11) is -3.28. The number of amides is 1. The molecule has 0 spiro atoms. The highest BCUT2D eigenvalue weighted by molar-refractivity contribution is 7.90. The number of carbonyl (C=O) groups excluding carboxylic acids is 1. The summed E-state index contributed by atoms with van der Waals surface area (Å²) in [6, 6.07) is 14.0. The Morgan fingerprint density at radius 2 is 1.64 bits per heavy atom. The van der Waals surface area contributed by atoms with Gasteiger partial charge in [0.25, 0.3) is 0 Å². The SMILES string of the molecule is CC(C)C(=O)Nc1cccc(-c2ccc3c(c2)CC(NS(=O)(=O)C(C)C)C3)c1. The van der Waals surface area contributed by atoms with Crippen molar-refractivity contribution in [1.82, 2.24) is 4.72 Å². The van der Waals surface area contributed by atoms with E-state index in [0.717, 1.165) is 16.8 Å². The molecule has 1 atom stereocenters. The smallest absolute Gasteiger partial charge is 0.226 e. The first-order valence-corrected chi connectivity index (χ1v) is 11.2. The van der Waals surface area contributed by atoms with Crippen molar-refractivity contribution >= 4 is 21.6 Å². The van der Waals surface area contributed by atoms with Gasteiger partial charge < -0.3 is 5.32 Å².